The van der Waals surface area contributed by atoms with Gasteiger partial charge in [0.25, 0.3) is 0 Å². The monoisotopic (exact) mass is 298 g/mol. The molecule has 0 spiro atoms. The number of rotatable bonds is 2. The maximum atomic E-state index is 12.5. The Labute approximate surface area is 128 Å². The quantitative estimate of drug-likeness (QED) is 0.909. The van der Waals surface area contributed by atoms with E-state index in [0.717, 1.165) is 42.2 Å². The van der Waals surface area contributed by atoms with Crippen LogP contribution < -0.4 is 0 Å². The van der Waals surface area contributed by atoms with Crippen LogP contribution in [0.25, 0.3) is 11.4 Å². The molecule has 4 heterocycles. The summed E-state index contributed by atoms with van der Waals surface area (Å²) in [5.41, 5.74) is 3.07. The maximum Gasteiger partial charge on any atom is 0.228 e. The van der Waals surface area contributed by atoms with Crippen LogP contribution in [0.2, 0.25) is 0 Å². The molecule has 0 radical (unpaired) electrons. The Kier molecular flexibility index (Phi) is 3.38. The zero-order valence-electron chi connectivity index (χ0n) is 12.3. The number of H-pyrrole nitrogens is 1. The van der Waals surface area contributed by atoms with Crippen molar-refractivity contribution in [1.29, 1.82) is 0 Å². The largest absolute Gasteiger partial charge is 0.381 e. The SMILES string of the molecule is O=C([C@@H]1CCOC1)N1CCc2nc(-c3cccnc3)[nH]c2C1. The van der Waals surface area contributed by atoms with Gasteiger partial charge in [-0.2, -0.15) is 0 Å². The van der Waals surface area contributed by atoms with E-state index in [9.17, 15) is 4.79 Å². The third-order valence-corrected chi connectivity index (χ3v) is 4.36. The topological polar surface area (TPSA) is 71.1 Å². The van der Waals surface area contributed by atoms with Crippen molar-refractivity contribution in [2.45, 2.75) is 19.4 Å². The molecule has 0 aromatic carbocycles. The number of fused-ring (bicyclic) bond motifs is 1. The van der Waals surface area contributed by atoms with E-state index in [-0.39, 0.29) is 11.8 Å². The van der Waals surface area contributed by atoms with Gasteiger partial charge in [-0.15, -0.1) is 0 Å². The summed E-state index contributed by atoms with van der Waals surface area (Å²) in [6.07, 6.45) is 5.18. The minimum Gasteiger partial charge on any atom is -0.381 e. The fourth-order valence-corrected chi connectivity index (χ4v) is 3.11. The Morgan fingerprint density at radius 1 is 1.45 bits per heavy atom. The number of hydrogen-bond acceptors (Lipinski definition) is 4. The Morgan fingerprint density at radius 3 is 3.18 bits per heavy atom. The lowest BCUT2D eigenvalue weighted by molar-refractivity contribution is -0.136. The Morgan fingerprint density at radius 2 is 2.41 bits per heavy atom. The summed E-state index contributed by atoms with van der Waals surface area (Å²) in [6.45, 7) is 2.61. The number of carbonyl (C=O) groups is 1. The highest BCUT2D eigenvalue weighted by molar-refractivity contribution is 5.79. The molecule has 6 nitrogen and oxygen atoms in total. The first-order valence-corrected chi connectivity index (χ1v) is 7.66. The molecule has 1 amide bonds. The van der Waals surface area contributed by atoms with E-state index in [1.54, 1.807) is 12.4 Å². The summed E-state index contributed by atoms with van der Waals surface area (Å²) < 4.78 is 5.33. The fourth-order valence-electron chi connectivity index (χ4n) is 3.11. The van der Waals surface area contributed by atoms with Crippen molar-refractivity contribution in [3.05, 3.63) is 35.9 Å². The van der Waals surface area contributed by atoms with Crippen LogP contribution in [-0.4, -0.2) is 45.5 Å². The number of hydrogen-bond donors (Lipinski definition) is 1. The van der Waals surface area contributed by atoms with Gasteiger partial charge < -0.3 is 14.6 Å². The number of aromatic nitrogens is 3. The Hall–Kier alpha value is -2.21. The zero-order valence-corrected chi connectivity index (χ0v) is 12.3. The average Bonchev–Trinajstić information content (AvgIpc) is 3.23. The van der Waals surface area contributed by atoms with Crippen LogP contribution in [0.3, 0.4) is 0 Å². The number of pyridine rings is 1. The van der Waals surface area contributed by atoms with Crippen molar-refractivity contribution in [1.82, 2.24) is 19.9 Å². The van der Waals surface area contributed by atoms with Crippen LogP contribution in [0.1, 0.15) is 17.8 Å². The van der Waals surface area contributed by atoms with E-state index >= 15 is 0 Å². The van der Waals surface area contributed by atoms with Crippen molar-refractivity contribution in [2.24, 2.45) is 5.92 Å². The van der Waals surface area contributed by atoms with E-state index < -0.39 is 0 Å². The second-order valence-electron chi connectivity index (χ2n) is 5.82. The van der Waals surface area contributed by atoms with Gasteiger partial charge in [-0.3, -0.25) is 9.78 Å². The number of carbonyl (C=O) groups excluding carboxylic acids is 1. The first-order valence-electron chi connectivity index (χ1n) is 7.66. The molecule has 0 aliphatic carbocycles. The van der Waals surface area contributed by atoms with Crippen LogP contribution in [0.4, 0.5) is 0 Å². The van der Waals surface area contributed by atoms with Gasteiger partial charge in [0.15, 0.2) is 0 Å². The summed E-state index contributed by atoms with van der Waals surface area (Å²) in [6, 6.07) is 3.88. The van der Waals surface area contributed by atoms with Crippen molar-refractivity contribution in [2.75, 3.05) is 19.8 Å². The van der Waals surface area contributed by atoms with Gasteiger partial charge in [0.1, 0.15) is 5.82 Å². The van der Waals surface area contributed by atoms with Crippen LogP contribution in [-0.2, 0) is 22.5 Å². The minimum absolute atomic E-state index is 0.0299. The predicted octanol–water partition coefficient (Wildman–Crippen LogP) is 1.39. The summed E-state index contributed by atoms with van der Waals surface area (Å²) in [4.78, 5) is 26.5. The third kappa shape index (κ3) is 2.39. The van der Waals surface area contributed by atoms with Crippen LogP contribution in [0.15, 0.2) is 24.5 Å². The van der Waals surface area contributed by atoms with Gasteiger partial charge in [-0.05, 0) is 18.6 Å². The summed E-state index contributed by atoms with van der Waals surface area (Å²) >= 11 is 0. The molecule has 1 N–H and O–H groups in total. The highest BCUT2D eigenvalue weighted by atomic mass is 16.5. The molecule has 114 valence electrons. The molecule has 2 aliphatic heterocycles. The van der Waals surface area contributed by atoms with Crippen molar-refractivity contribution < 1.29 is 9.53 Å². The first-order chi connectivity index (χ1) is 10.8. The lowest BCUT2D eigenvalue weighted by atomic mass is 10.0. The van der Waals surface area contributed by atoms with Gasteiger partial charge in [0, 0.05) is 37.5 Å². The van der Waals surface area contributed by atoms with Gasteiger partial charge in [0.05, 0.1) is 30.5 Å². The van der Waals surface area contributed by atoms with Crippen molar-refractivity contribution in [3.63, 3.8) is 0 Å². The normalized spacial score (nSPS) is 20.9. The molecular formula is C16H18N4O2. The fraction of sp³-hybridized carbons (Fsp3) is 0.438. The smallest absolute Gasteiger partial charge is 0.228 e. The second kappa shape index (κ2) is 5.53. The van der Waals surface area contributed by atoms with Crippen LogP contribution >= 0.6 is 0 Å². The number of nitrogens with zero attached hydrogens (tertiary/aromatic N) is 3. The minimum atomic E-state index is 0.0299. The molecule has 0 unspecified atom stereocenters. The van der Waals surface area contributed by atoms with Gasteiger partial charge in [-0.25, -0.2) is 4.98 Å². The van der Waals surface area contributed by atoms with Crippen molar-refractivity contribution in [3.8, 4) is 11.4 Å². The molecule has 0 saturated carbocycles. The van der Waals surface area contributed by atoms with Crippen molar-refractivity contribution >= 4 is 5.91 Å². The number of imidazole rings is 1. The molecular weight excluding hydrogens is 280 g/mol. The second-order valence-corrected chi connectivity index (χ2v) is 5.82. The third-order valence-electron chi connectivity index (χ3n) is 4.36. The predicted molar refractivity (Wildman–Crippen MR) is 79.9 cm³/mol. The van der Waals surface area contributed by atoms with E-state index in [2.05, 4.69) is 15.0 Å². The van der Waals surface area contributed by atoms with E-state index in [1.165, 1.54) is 0 Å². The number of nitrogens with one attached hydrogen (secondary N) is 1. The molecule has 1 fully saturated rings. The summed E-state index contributed by atoms with van der Waals surface area (Å²) in [5, 5.41) is 0. The first kappa shape index (κ1) is 13.5. The Balaban J connectivity index is 1.54. The molecule has 4 rings (SSSR count). The van der Waals surface area contributed by atoms with Gasteiger partial charge in [0.2, 0.25) is 5.91 Å². The molecule has 2 aromatic rings. The average molecular weight is 298 g/mol. The van der Waals surface area contributed by atoms with Crippen LogP contribution in [0.5, 0.6) is 0 Å². The molecule has 1 saturated heterocycles. The van der Waals surface area contributed by atoms with E-state index in [4.69, 9.17) is 4.74 Å². The molecule has 1 atom stereocenters. The number of amides is 1. The molecule has 0 bridgehead atoms. The highest BCUT2D eigenvalue weighted by Gasteiger charge is 2.31. The van der Waals surface area contributed by atoms with Gasteiger partial charge >= 0.3 is 0 Å². The zero-order chi connectivity index (χ0) is 14.9. The molecule has 6 heteroatoms. The standard InChI is InChI=1S/C16H18N4O2/c21-16(12-4-7-22-10-12)20-6-3-13-14(9-20)19-15(18-13)11-2-1-5-17-8-11/h1-2,5,8,12H,3-4,6-7,9-10H2,(H,18,19)/t12-/m1/s1. The van der Waals surface area contributed by atoms with Crippen LogP contribution in [0, 0.1) is 5.92 Å². The number of aromatic amines is 1. The number of ether oxygens (including phenoxy) is 1. The summed E-state index contributed by atoms with van der Waals surface area (Å²) in [7, 11) is 0. The Bertz CT molecular complexity index is 677. The summed E-state index contributed by atoms with van der Waals surface area (Å²) in [5.74, 6) is 1.07. The highest BCUT2D eigenvalue weighted by Crippen LogP contribution is 2.24. The molecule has 2 aromatic heterocycles. The maximum absolute atomic E-state index is 12.5. The van der Waals surface area contributed by atoms with E-state index in [1.807, 2.05) is 17.0 Å². The van der Waals surface area contributed by atoms with E-state index in [0.29, 0.717) is 19.8 Å². The van der Waals surface area contributed by atoms with Gasteiger partial charge in [-0.1, -0.05) is 0 Å². The molecule has 22 heavy (non-hydrogen) atoms. The molecule has 2 aliphatic rings. The lowest BCUT2D eigenvalue weighted by Gasteiger charge is -2.28. The lowest BCUT2D eigenvalue weighted by Crippen LogP contribution is -2.40.